The summed E-state index contributed by atoms with van der Waals surface area (Å²) < 4.78 is 1.90. The Labute approximate surface area is 115 Å². The van der Waals surface area contributed by atoms with Crippen molar-refractivity contribution in [2.24, 2.45) is 7.05 Å². The SMILES string of the molecule is CCc1ccccc1NCc1cn(C)nc1C(C)C. The first-order valence-electron chi connectivity index (χ1n) is 6.96. The van der Waals surface area contributed by atoms with E-state index in [2.05, 4.69) is 61.6 Å². The summed E-state index contributed by atoms with van der Waals surface area (Å²) in [7, 11) is 1.98. The maximum Gasteiger partial charge on any atom is 0.0699 e. The van der Waals surface area contributed by atoms with Crippen molar-refractivity contribution in [3.05, 3.63) is 47.3 Å². The first-order chi connectivity index (χ1) is 9.11. The second-order valence-corrected chi connectivity index (χ2v) is 5.23. The van der Waals surface area contributed by atoms with Gasteiger partial charge in [-0.2, -0.15) is 5.10 Å². The Balaban J connectivity index is 2.14. The number of nitrogens with zero attached hydrogens (tertiary/aromatic N) is 2. The molecule has 0 atom stereocenters. The van der Waals surface area contributed by atoms with Gasteiger partial charge in [0.15, 0.2) is 0 Å². The smallest absolute Gasteiger partial charge is 0.0699 e. The monoisotopic (exact) mass is 257 g/mol. The molecule has 1 aromatic carbocycles. The molecule has 2 aromatic rings. The highest BCUT2D eigenvalue weighted by molar-refractivity contribution is 5.51. The van der Waals surface area contributed by atoms with Crippen LogP contribution in [0.1, 0.15) is 43.5 Å². The molecular weight excluding hydrogens is 234 g/mol. The van der Waals surface area contributed by atoms with E-state index in [4.69, 9.17) is 0 Å². The molecule has 0 spiro atoms. The lowest BCUT2D eigenvalue weighted by atomic mass is 10.1. The molecule has 0 radical (unpaired) electrons. The van der Waals surface area contributed by atoms with Crippen molar-refractivity contribution in [2.45, 2.75) is 39.7 Å². The molecule has 0 aliphatic carbocycles. The Morgan fingerprint density at radius 1 is 1.21 bits per heavy atom. The third-order valence-electron chi connectivity index (χ3n) is 3.35. The van der Waals surface area contributed by atoms with Gasteiger partial charge in [0.1, 0.15) is 0 Å². The Hall–Kier alpha value is -1.77. The van der Waals surface area contributed by atoms with Crippen LogP contribution >= 0.6 is 0 Å². The molecule has 3 heteroatoms. The average Bonchev–Trinajstić information content (AvgIpc) is 2.78. The van der Waals surface area contributed by atoms with Gasteiger partial charge in [-0.25, -0.2) is 0 Å². The lowest BCUT2D eigenvalue weighted by Crippen LogP contribution is -2.04. The topological polar surface area (TPSA) is 29.9 Å². The second kappa shape index (κ2) is 5.91. The fraction of sp³-hybridized carbons (Fsp3) is 0.438. The number of rotatable bonds is 5. The molecule has 0 aliphatic rings. The van der Waals surface area contributed by atoms with Crippen LogP contribution < -0.4 is 5.32 Å². The number of hydrogen-bond acceptors (Lipinski definition) is 2. The first kappa shape index (κ1) is 13.7. The van der Waals surface area contributed by atoms with Gasteiger partial charge in [-0.05, 0) is 24.0 Å². The third-order valence-corrected chi connectivity index (χ3v) is 3.35. The van der Waals surface area contributed by atoms with E-state index in [1.165, 1.54) is 22.5 Å². The summed E-state index contributed by atoms with van der Waals surface area (Å²) in [5, 5.41) is 8.08. The van der Waals surface area contributed by atoms with Crippen molar-refractivity contribution < 1.29 is 0 Å². The zero-order valence-electron chi connectivity index (χ0n) is 12.3. The lowest BCUT2D eigenvalue weighted by Gasteiger charge is -2.11. The van der Waals surface area contributed by atoms with Crippen molar-refractivity contribution >= 4 is 5.69 Å². The summed E-state index contributed by atoms with van der Waals surface area (Å²) in [5.74, 6) is 0.458. The normalized spacial score (nSPS) is 11.0. The van der Waals surface area contributed by atoms with Gasteiger partial charge in [0.2, 0.25) is 0 Å². The highest BCUT2D eigenvalue weighted by atomic mass is 15.3. The number of aryl methyl sites for hydroxylation is 2. The minimum atomic E-state index is 0.458. The lowest BCUT2D eigenvalue weighted by molar-refractivity contribution is 0.712. The predicted octanol–water partition coefficient (Wildman–Crippen LogP) is 3.72. The fourth-order valence-electron chi connectivity index (χ4n) is 2.37. The number of benzene rings is 1. The van der Waals surface area contributed by atoms with E-state index in [0.717, 1.165) is 13.0 Å². The molecule has 0 amide bonds. The van der Waals surface area contributed by atoms with E-state index in [1.54, 1.807) is 0 Å². The van der Waals surface area contributed by atoms with E-state index in [0.29, 0.717) is 5.92 Å². The quantitative estimate of drug-likeness (QED) is 0.884. The zero-order chi connectivity index (χ0) is 13.8. The van der Waals surface area contributed by atoms with Crippen LogP contribution in [0.2, 0.25) is 0 Å². The van der Waals surface area contributed by atoms with Crippen LogP contribution in [0.25, 0.3) is 0 Å². The number of nitrogens with one attached hydrogen (secondary N) is 1. The van der Waals surface area contributed by atoms with Crippen LogP contribution in [-0.2, 0) is 20.0 Å². The maximum absolute atomic E-state index is 4.54. The number of aromatic nitrogens is 2. The van der Waals surface area contributed by atoms with Crippen LogP contribution in [0.5, 0.6) is 0 Å². The molecule has 0 unspecified atom stereocenters. The number of anilines is 1. The predicted molar refractivity (Wildman–Crippen MR) is 80.4 cm³/mol. The summed E-state index contributed by atoms with van der Waals surface area (Å²) >= 11 is 0. The standard InChI is InChI=1S/C16H23N3/c1-5-13-8-6-7-9-15(13)17-10-14-11-19(4)18-16(14)12(2)3/h6-9,11-12,17H,5,10H2,1-4H3. The van der Waals surface area contributed by atoms with Crippen molar-refractivity contribution in [1.82, 2.24) is 9.78 Å². The molecule has 0 fully saturated rings. The highest BCUT2D eigenvalue weighted by Gasteiger charge is 2.11. The minimum Gasteiger partial charge on any atom is -0.381 e. The molecule has 0 saturated carbocycles. The van der Waals surface area contributed by atoms with Gasteiger partial charge in [0.05, 0.1) is 5.69 Å². The van der Waals surface area contributed by atoms with E-state index < -0.39 is 0 Å². The summed E-state index contributed by atoms with van der Waals surface area (Å²) in [5.41, 5.74) is 5.05. The molecule has 0 saturated heterocycles. The summed E-state index contributed by atoms with van der Waals surface area (Å²) in [6.45, 7) is 7.39. The molecule has 102 valence electrons. The third kappa shape index (κ3) is 3.16. The minimum absolute atomic E-state index is 0.458. The van der Waals surface area contributed by atoms with Gasteiger partial charge in [0.25, 0.3) is 0 Å². The number of hydrogen-bond donors (Lipinski definition) is 1. The molecule has 19 heavy (non-hydrogen) atoms. The summed E-state index contributed by atoms with van der Waals surface area (Å²) in [4.78, 5) is 0. The maximum atomic E-state index is 4.54. The fourth-order valence-corrected chi connectivity index (χ4v) is 2.37. The van der Waals surface area contributed by atoms with Crippen LogP contribution in [0.3, 0.4) is 0 Å². The molecule has 0 bridgehead atoms. The van der Waals surface area contributed by atoms with E-state index in [-0.39, 0.29) is 0 Å². The van der Waals surface area contributed by atoms with Crippen LogP contribution in [0.15, 0.2) is 30.5 Å². The Bertz CT molecular complexity index is 541. The second-order valence-electron chi connectivity index (χ2n) is 5.23. The molecule has 3 nitrogen and oxygen atoms in total. The van der Waals surface area contributed by atoms with Gasteiger partial charge < -0.3 is 5.32 Å². The van der Waals surface area contributed by atoms with Crippen molar-refractivity contribution in [1.29, 1.82) is 0 Å². The molecule has 1 N–H and O–H groups in total. The van der Waals surface area contributed by atoms with Crippen molar-refractivity contribution in [2.75, 3.05) is 5.32 Å². The number of para-hydroxylation sites is 1. The van der Waals surface area contributed by atoms with Crippen LogP contribution in [-0.4, -0.2) is 9.78 Å². The van der Waals surface area contributed by atoms with Crippen LogP contribution in [0.4, 0.5) is 5.69 Å². The van der Waals surface area contributed by atoms with Crippen molar-refractivity contribution in [3.8, 4) is 0 Å². The van der Waals surface area contributed by atoms with E-state index >= 15 is 0 Å². The zero-order valence-corrected chi connectivity index (χ0v) is 12.3. The van der Waals surface area contributed by atoms with E-state index in [9.17, 15) is 0 Å². The van der Waals surface area contributed by atoms with Gasteiger partial charge in [-0.15, -0.1) is 0 Å². The average molecular weight is 257 g/mol. The molecule has 0 aliphatic heterocycles. The Kier molecular flexibility index (Phi) is 4.25. The largest absolute Gasteiger partial charge is 0.381 e. The van der Waals surface area contributed by atoms with Crippen LogP contribution in [0, 0.1) is 0 Å². The van der Waals surface area contributed by atoms with Crippen molar-refractivity contribution in [3.63, 3.8) is 0 Å². The highest BCUT2D eigenvalue weighted by Crippen LogP contribution is 2.20. The molecular formula is C16H23N3. The van der Waals surface area contributed by atoms with Gasteiger partial charge in [-0.3, -0.25) is 4.68 Å². The molecule has 2 rings (SSSR count). The van der Waals surface area contributed by atoms with Gasteiger partial charge in [-0.1, -0.05) is 39.0 Å². The Morgan fingerprint density at radius 3 is 2.63 bits per heavy atom. The van der Waals surface area contributed by atoms with Gasteiger partial charge in [0, 0.05) is 31.0 Å². The summed E-state index contributed by atoms with van der Waals surface area (Å²) in [6, 6.07) is 8.49. The molecule has 1 heterocycles. The van der Waals surface area contributed by atoms with Gasteiger partial charge >= 0.3 is 0 Å². The Morgan fingerprint density at radius 2 is 1.95 bits per heavy atom. The van der Waals surface area contributed by atoms with E-state index in [1.807, 2.05) is 11.7 Å². The molecule has 1 aromatic heterocycles. The summed E-state index contributed by atoms with van der Waals surface area (Å²) in [6.07, 6.45) is 3.16. The first-order valence-corrected chi connectivity index (χ1v) is 6.96.